The Labute approximate surface area is 153 Å². The minimum atomic E-state index is -0.653. The van der Waals surface area contributed by atoms with Gasteiger partial charge in [-0.3, -0.25) is 4.79 Å². The van der Waals surface area contributed by atoms with Gasteiger partial charge in [0.1, 0.15) is 5.75 Å². The molecule has 0 bridgehead atoms. The molecule has 1 fully saturated rings. The van der Waals surface area contributed by atoms with Gasteiger partial charge in [0.2, 0.25) is 0 Å². The quantitative estimate of drug-likeness (QED) is 0.906. The van der Waals surface area contributed by atoms with Crippen LogP contribution in [0, 0.1) is 6.92 Å². The summed E-state index contributed by atoms with van der Waals surface area (Å²) >= 11 is 0. The van der Waals surface area contributed by atoms with Gasteiger partial charge in [0.25, 0.3) is 5.91 Å². The van der Waals surface area contributed by atoms with Gasteiger partial charge in [-0.05, 0) is 49.9 Å². The Morgan fingerprint density at radius 3 is 2.77 bits per heavy atom. The van der Waals surface area contributed by atoms with Crippen LogP contribution in [0.4, 0.5) is 11.4 Å². The first kappa shape index (κ1) is 16.9. The summed E-state index contributed by atoms with van der Waals surface area (Å²) < 4.78 is 11.0. The van der Waals surface area contributed by atoms with E-state index in [1.54, 1.807) is 0 Å². The van der Waals surface area contributed by atoms with E-state index in [1.165, 1.54) is 30.5 Å². The number of amides is 1. The molecule has 1 amide bonds. The Morgan fingerprint density at radius 1 is 1.12 bits per heavy atom. The fourth-order valence-corrected chi connectivity index (χ4v) is 3.67. The molecule has 5 nitrogen and oxygen atoms in total. The normalized spacial score (nSPS) is 19.4. The number of nitrogens with zero attached hydrogens (tertiary/aromatic N) is 1. The maximum Gasteiger partial charge on any atom is 0.258 e. The van der Waals surface area contributed by atoms with Crippen molar-refractivity contribution < 1.29 is 14.3 Å². The molecule has 5 heteroatoms. The zero-order valence-corrected chi connectivity index (χ0v) is 15.0. The van der Waals surface area contributed by atoms with Crippen molar-refractivity contribution in [1.29, 1.82) is 0 Å². The van der Waals surface area contributed by atoms with Crippen molar-refractivity contribution in [2.45, 2.75) is 32.3 Å². The summed E-state index contributed by atoms with van der Waals surface area (Å²) in [6.07, 6.45) is 3.09. The standard InChI is InChI=1S/C21H24N2O3/c1-15-9-10-16(13-18(15)23-11-5-2-6-12-23)22-21(24)20-17-7-3-4-8-19(17)25-14-26-20/h3-4,7-10,13,20H,2,5-6,11-12,14H2,1H3,(H,22,24). The van der Waals surface area contributed by atoms with Crippen LogP contribution in [0.3, 0.4) is 0 Å². The highest BCUT2D eigenvalue weighted by molar-refractivity contribution is 5.96. The fraction of sp³-hybridized carbons (Fsp3) is 0.381. The Bertz CT molecular complexity index is 800. The molecule has 2 aliphatic rings. The van der Waals surface area contributed by atoms with E-state index in [0.717, 1.165) is 24.3 Å². The van der Waals surface area contributed by atoms with Crippen molar-refractivity contribution in [2.24, 2.45) is 0 Å². The summed E-state index contributed by atoms with van der Waals surface area (Å²) in [5.41, 5.74) is 4.00. The molecule has 2 aliphatic heterocycles. The number of benzene rings is 2. The van der Waals surface area contributed by atoms with Crippen LogP contribution in [-0.4, -0.2) is 25.8 Å². The second kappa shape index (κ2) is 7.38. The highest BCUT2D eigenvalue weighted by atomic mass is 16.7. The number of aryl methyl sites for hydroxylation is 1. The van der Waals surface area contributed by atoms with Gasteiger partial charge in [-0.1, -0.05) is 24.3 Å². The summed E-state index contributed by atoms with van der Waals surface area (Å²) in [5.74, 6) is 0.533. The molecule has 0 aromatic heterocycles. The van der Waals surface area contributed by atoms with Crippen LogP contribution in [0.5, 0.6) is 5.75 Å². The molecule has 1 saturated heterocycles. The summed E-state index contributed by atoms with van der Waals surface area (Å²) in [6, 6.07) is 13.6. The Hall–Kier alpha value is -2.53. The number of hydrogen-bond donors (Lipinski definition) is 1. The number of para-hydroxylation sites is 1. The van der Waals surface area contributed by atoms with E-state index in [4.69, 9.17) is 9.47 Å². The number of ether oxygens (including phenoxy) is 2. The monoisotopic (exact) mass is 352 g/mol. The largest absolute Gasteiger partial charge is 0.467 e. The average Bonchev–Trinajstić information content (AvgIpc) is 2.69. The van der Waals surface area contributed by atoms with E-state index in [2.05, 4.69) is 29.3 Å². The van der Waals surface area contributed by atoms with Gasteiger partial charge >= 0.3 is 0 Å². The van der Waals surface area contributed by atoms with E-state index in [1.807, 2.05) is 30.3 Å². The van der Waals surface area contributed by atoms with Crippen LogP contribution < -0.4 is 15.0 Å². The van der Waals surface area contributed by atoms with E-state index in [0.29, 0.717) is 5.75 Å². The van der Waals surface area contributed by atoms with E-state index in [-0.39, 0.29) is 12.7 Å². The predicted molar refractivity (Wildman–Crippen MR) is 102 cm³/mol. The zero-order chi connectivity index (χ0) is 17.9. The molecule has 1 unspecified atom stereocenters. The lowest BCUT2D eigenvalue weighted by Crippen LogP contribution is -2.30. The van der Waals surface area contributed by atoms with Crippen molar-refractivity contribution in [3.63, 3.8) is 0 Å². The van der Waals surface area contributed by atoms with Gasteiger partial charge in [0.15, 0.2) is 12.9 Å². The molecule has 2 aromatic carbocycles. The van der Waals surface area contributed by atoms with Crippen LogP contribution in [0.15, 0.2) is 42.5 Å². The van der Waals surface area contributed by atoms with Crippen molar-refractivity contribution in [1.82, 2.24) is 0 Å². The highest BCUT2D eigenvalue weighted by Gasteiger charge is 2.28. The molecule has 0 radical (unpaired) electrons. The molecule has 4 rings (SSSR count). The van der Waals surface area contributed by atoms with Crippen LogP contribution in [-0.2, 0) is 9.53 Å². The van der Waals surface area contributed by atoms with Crippen molar-refractivity contribution >= 4 is 17.3 Å². The lowest BCUT2D eigenvalue weighted by Gasteiger charge is -2.30. The maximum atomic E-state index is 12.8. The maximum absolute atomic E-state index is 12.8. The van der Waals surface area contributed by atoms with Crippen molar-refractivity contribution in [2.75, 3.05) is 30.1 Å². The first-order valence-corrected chi connectivity index (χ1v) is 9.22. The summed E-state index contributed by atoms with van der Waals surface area (Å²) in [7, 11) is 0. The number of hydrogen-bond acceptors (Lipinski definition) is 4. The third-order valence-electron chi connectivity index (χ3n) is 5.06. The molecular weight excluding hydrogens is 328 g/mol. The van der Waals surface area contributed by atoms with Crippen LogP contribution >= 0.6 is 0 Å². The first-order valence-electron chi connectivity index (χ1n) is 9.22. The van der Waals surface area contributed by atoms with Gasteiger partial charge in [-0.2, -0.15) is 0 Å². The predicted octanol–water partition coefficient (Wildman–Crippen LogP) is 4.03. The van der Waals surface area contributed by atoms with Gasteiger partial charge in [0, 0.05) is 30.0 Å². The van der Waals surface area contributed by atoms with E-state index in [9.17, 15) is 4.79 Å². The number of carbonyl (C=O) groups excluding carboxylic acids is 1. The van der Waals surface area contributed by atoms with Gasteiger partial charge in [0.05, 0.1) is 0 Å². The number of fused-ring (bicyclic) bond motifs is 1. The minimum Gasteiger partial charge on any atom is -0.467 e. The molecule has 0 saturated carbocycles. The second-order valence-corrected chi connectivity index (χ2v) is 6.88. The molecule has 26 heavy (non-hydrogen) atoms. The highest BCUT2D eigenvalue weighted by Crippen LogP contribution is 2.33. The number of rotatable bonds is 3. The lowest BCUT2D eigenvalue weighted by atomic mass is 10.1. The van der Waals surface area contributed by atoms with E-state index >= 15 is 0 Å². The minimum absolute atomic E-state index is 0.0853. The molecule has 1 atom stereocenters. The molecule has 0 aliphatic carbocycles. The zero-order valence-electron chi connectivity index (χ0n) is 15.0. The molecule has 0 spiro atoms. The Morgan fingerprint density at radius 2 is 1.92 bits per heavy atom. The fourth-order valence-electron chi connectivity index (χ4n) is 3.67. The Balaban J connectivity index is 1.53. The van der Waals surface area contributed by atoms with Crippen molar-refractivity contribution in [3.8, 4) is 5.75 Å². The SMILES string of the molecule is Cc1ccc(NC(=O)C2OCOc3ccccc32)cc1N1CCCCC1. The number of nitrogens with one attached hydrogen (secondary N) is 1. The number of piperidine rings is 1. The third kappa shape index (κ3) is 3.40. The van der Waals surface area contributed by atoms with Gasteiger partial charge < -0.3 is 19.7 Å². The number of carbonyl (C=O) groups is 1. The molecule has 2 heterocycles. The molecule has 2 aromatic rings. The van der Waals surface area contributed by atoms with Crippen LogP contribution in [0.1, 0.15) is 36.5 Å². The average molecular weight is 352 g/mol. The summed E-state index contributed by atoms with van der Waals surface area (Å²) in [5, 5.41) is 3.01. The lowest BCUT2D eigenvalue weighted by molar-refractivity contribution is -0.136. The summed E-state index contributed by atoms with van der Waals surface area (Å²) in [6.45, 7) is 4.36. The van der Waals surface area contributed by atoms with Crippen LogP contribution in [0.2, 0.25) is 0 Å². The van der Waals surface area contributed by atoms with E-state index < -0.39 is 6.10 Å². The van der Waals surface area contributed by atoms with Gasteiger partial charge in [-0.25, -0.2) is 0 Å². The number of anilines is 2. The summed E-state index contributed by atoms with van der Waals surface area (Å²) in [4.78, 5) is 15.2. The van der Waals surface area contributed by atoms with Crippen LogP contribution in [0.25, 0.3) is 0 Å². The second-order valence-electron chi connectivity index (χ2n) is 6.88. The van der Waals surface area contributed by atoms with Gasteiger partial charge in [-0.15, -0.1) is 0 Å². The van der Waals surface area contributed by atoms with Crippen molar-refractivity contribution in [3.05, 3.63) is 53.6 Å². The molecule has 1 N–H and O–H groups in total. The topological polar surface area (TPSA) is 50.8 Å². The first-order chi connectivity index (χ1) is 12.7. The molecular formula is C21H24N2O3. The molecule has 136 valence electrons. The smallest absolute Gasteiger partial charge is 0.258 e. The third-order valence-corrected chi connectivity index (χ3v) is 5.06. The Kier molecular flexibility index (Phi) is 4.80.